The quantitative estimate of drug-likeness (QED) is 0.290. The number of hydrazine groups is 1. The molecule has 7 heteroatoms. The highest BCUT2D eigenvalue weighted by atomic mass is 32.1. The third-order valence-electron chi connectivity index (χ3n) is 1.41. The minimum absolute atomic E-state index is 0.509. The number of nitrogens with zero attached hydrogens (tertiary/aromatic N) is 2. The van der Waals surface area contributed by atoms with Crippen LogP contribution in [0.3, 0.4) is 0 Å². The molecule has 6 N–H and O–H groups in total. The predicted molar refractivity (Wildman–Crippen MR) is 49.0 cm³/mol. The lowest BCUT2D eigenvalue weighted by atomic mass is 10.4. The van der Waals surface area contributed by atoms with Crippen molar-refractivity contribution in [2.45, 2.75) is 6.42 Å². The Labute approximate surface area is 74.9 Å². The lowest BCUT2D eigenvalue weighted by Gasteiger charge is -2.13. The van der Waals surface area contributed by atoms with Gasteiger partial charge in [-0.05, 0) is 13.0 Å². The molecule has 0 radical (unpaired) electrons. The molecule has 1 aromatic rings. The Morgan fingerprint density at radius 3 is 2.83 bits per heavy atom. The molecule has 0 bridgehead atoms. The van der Waals surface area contributed by atoms with E-state index in [1.54, 1.807) is 0 Å². The minimum Gasteiger partial charge on any atom is -0.330 e. The molecule has 68 valence electrons. The third-order valence-corrected chi connectivity index (χ3v) is 1.69. The van der Waals surface area contributed by atoms with Crippen molar-refractivity contribution in [3.63, 3.8) is 0 Å². The van der Waals surface area contributed by atoms with Gasteiger partial charge in [0, 0.05) is 6.54 Å². The van der Waals surface area contributed by atoms with Crippen LogP contribution in [-0.2, 0) is 0 Å². The molecule has 0 aliphatic heterocycles. The van der Waals surface area contributed by atoms with Crippen molar-refractivity contribution in [2.24, 2.45) is 11.6 Å². The van der Waals surface area contributed by atoms with Gasteiger partial charge in [-0.3, -0.25) is 10.1 Å². The van der Waals surface area contributed by atoms with Crippen LogP contribution in [0.1, 0.15) is 6.42 Å². The zero-order chi connectivity index (χ0) is 8.97. The number of nitrogens with one attached hydrogen (secondary N) is 2. The molecule has 0 atom stereocenters. The van der Waals surface area contributed by atoms with E-state index in [0.29, 0.717) is 23.5 Å². The monoisotopic (exact) mass is 188 g/mol. The van der Waals surface area contributed by atoms with Gasteiger partial charge in [0.2, 0.25) is 5.82 Å². The van der Waals surface area contributed by atoms with Crippen molar-refractivity contribution in [1.82, 2.24) is 15.4 Å². The van der Waals surface area contributed by atoms with E-state index in [1.165, 1.54) is 5.01 Å². The molecule has 6 nitrogen and oxygen atoms in total. The first-order valence-electron chi connectivity index (χ1n) is 3.61. The Balaban J connectivity index is 2.59. The van der Waals surface area contributed by atoms with Gasteiger partial charge in [-0.15, -0.1) is 5.10 Å². The molecular formula is C5H12N6S. The van der Waals surface area contributed by atoms with Gasteiger partial charge in [0.15, 0.2) is 4.64 Å². The summed E-state index contributed by atoms with van der Waals surface area (Å²) in [6.07, 6.45) is 0.818. The van der Waals surface area contributed by atoms with Crippen LogP contribution in [0.25, 0.3) is 0 Å². The molecule has 0 aliphatic carbocycles. The second-order valence-electron chi connectivity index (χ2n) is 2.34. The normalized spacial score (nSPS) is 10.2. The molecule has 1 rings (SSSR count). The predicted octanol–water partition coefficient (Wildman–Crippen LogP) is -0.504. The summed E-state index contributed by atoms with van der Waals surface area (Å²) in [5.74, 6) is 6.19. The second kappa shape index (κ2) is 4.19. The summed E-state index contributed by atoms with van der Waals surface area (Å²) in [4.78, 5) is 0. The van der Waals surface area contributed by atoms with Crippen LogP contribution >= 0.6 is 12.2 Å². The highest BCUT2D eigenvalue weighted by molar-refractivity contribution is 7.71. The van der Waals surface area contributed by atoms with Crippen molar-refractivity contribution < 1.29 is 0 Å². The van der Waals surface area contributed by atoms with Gasteiger partial charge in [-0.25, -0.2) is 11.1 Å². The van der Waals surface area contributed by atoms with Crippen LogP contribution in [0.5, 0.6) is 0 Å². The van der Waals surface area contributed by atoms with Crippen molar-refractivity contribution in [3.05, 3.63) is 4.64 Å². The smallest absolute Gasteiger partial charge is 0.200 e. The Hall–Kier alpha value is -0.920. The number of hydrogen-bond acceptors (Lipinski definition) is 5. The molecule has 0 aliphatic rings. The van der Waals surface area contributed by atoms with Gasteiger partial charge in [0.1, 0.15) is 0 Å². The van der Waals surface area contributed by atoms with E-state index in [9.17, 15) is 0 Å². The average Bonchev–Trinajstić information content (AvgIpc) is 2.47. The lowest BCUT2D eigenvalue weighted by molar-refractivity contribution is 0.749. The molecule has 12 heavy (non-hydrogen) atoms. The summed E-state index contributed by atoms with van der Waals surface area (Å²) in [6.45, 7) is 1.26. The maximum Gasteiger partial charge on any atom is 0.200 e. The number of aromatic nitrogens is 3. The molecule has 0 saturated carbocycles. The average molecular weight is 188 g/mol. The topological polar surface area (TPSA) is 99.8 Å². The summed E-state index contributed by atoms with van der Waals surface area (Å²) >= 11 is 4.91. The summed E-state index contributed by atoms with van der Waals surface area (Å²) in [5, 5.41) is 10.5. The van der Waals surface area contributed by atoms with Gasteiger partial charge in [-0.1, -0.05) is 12.2 Å². The molecule has 1 heterocycles. The zero-order valence-electron chi connectivity index (χ0n) is 6.58. The first-order chi connectivity index (χ1) is 5.75. The molecule has 0 amide bonds. The summed E-state index contributed by atoms with van der Waals surface area (Å²) in [5.41, 5.74) is 5.32. The Morgan fingerprint density at radius 2 is 2.33 bits per heavy atom. The zero-order valence-corrected chi connectivity index (χ0v) is 7.40. The highest BCUT2D eigenvalue weighted by Crippen LogP contribution is 2.04. The second-order valence-corrected chi connectivity index (χ2v) is 2.75. The standard InChI is InChI=1S/C5H12N6S/c6-2-1-3-11(7)4-5(12)9-10-8-4/h1-3,6-7H2,(H2,8,9,10,12). The van der Waals surface area contributed by atoms with Crippen LogP contribution in [0.4, 0.5) is 5.82 Å². The number of anilines is 1. The Kier molecular flexibility index (Phi) is 3.20. The largest absolute Gasteiger partial charge is 0.330 e. The Morgan fingerprint density at radius 1 is 1.58 bits per heavy atom. The highest BCUT2D eigenvalue weighted by Gasteiger charge is 2.04. The molecule has 0 unspecified atom stereocenters. The van der Waals surface area contributed by atoms with Gasteiger partial charge < -0.3 is 5.73 Å². The number of H-pyrrole nitrogens is 2. The van der Waals surface area contributed by atoms with Gasteiger partial charge in [0.25, 0.3) is 0 Å². The van der Waals surface area contributed by atoms with Crippen LogP contribution < -0.4 is 16.6 Å². The first kappa shape index (κ1) is 9.17. The first-order valence-corrected chi connectivity index (χ1v) is 4.02. The van der Waals surface area contributed by atoms with Gasteiger partial charge in [0.05, 0.1) is 0 Å². The molecule has 1 aromatic heterocycles. The van der Waals surface area contributed by atoms with Crippen LogP contribution in [-0.4, -0.2) is 28.5 Å². The fourth-order valence-corrected chi connectivity index (χ4v) is 1.01. The van der Waals surface area contributed by atoms with E-state index in [0.717, 1.165) is 6.42 Å². The van der Waals surface area contributed by atoms with E-state index in [-0.39, 0.29) is 0 Å². The van der Waals surface area contributed by atoms with Crippen molar-refractivity contribution in [1.29, 1.82) is 0 Å². The van der Waals surface area contributed by atoms with E-state index < -0.39 is 0 Å². The lowest BCUT2D eigenvalue weighted by Crippen LogP contribution is -2.33. The van der Waals surface area contributed by atoms with Gasteiger partial charge >= 0.3 is 0 Å². The molecule has 0 saturated heterocycles. The number of rotatable bonds is 4. The van der Waals surface area contributed by atoms with Crippen molar-refractivity contribution in [3.8, 4) is 0 Å². The fourth-order valence-electron chi connectivity index (χ4n) is 0.801. The molecule has 0 spiro atoms. The third kappa shape index (κ3) is 2.03. The summed E-state index contributed by atoms with van der Waals surface area (Å²) in [7, 11) is 0. The molecular weight excluding hydrogens is 176 g/mol. The minimum atomic E-state index is 0.509. The number of nitrogens with two attached hydrogens (primary N) is 2. The summed E-state index contributed by atoms with van der Waals surface area (Å²) in [6, 6.07) is 0. The van der Waals surface area contributed by atoms with E-state index in [4.69, 9.17) is 23.8 Å². The van der Waals surface area contributed by atoms with E-state index >= 15 is 0 Å². The summed E-state index contributed by atoms with van der Waals surface area (Å²) < 4.78 is 0.509. The van der Waals surface area contributed by atoms with E-state index in [2.05, 4.69) is 15.4 Å². The van der Waals surface area contributed by atoms with Crippen LogP contribution in [0, 0.1) is 4.64 Å². The van der Waals surface area contributed by atoms with Crippen molar-refractivity contribution >= 4 is 18.0 Å². The SMILES string of the molecule is NCCCN(N)c1n[nH][nH]c1=S. The number of hydrogen-bond donors (Lipinski definition) is 4. The van der Waals surface area contributed by atoms with Gasteiger partial charge in [-0.2, -0.15) is 0 Å². The maximum absolute atomic E-state index is 5.63. The Bertz CT molecular complexity index is 277. The molecule has 0 fully saturated rings. The van der Waals surface area contributed by atoms with Crippen LogP contribution in [0.2, 0.25) is 0 Å². The fraction of sp³-hybridized carbons (Fsp3) is 0.600. The molecule has 0 aromatic carbocycles. The van der Waals surface area contributed by atoms with Crippen LogP contribution in [0.15, 0.2) is 0 Å². The maximum atomic E-state index is 5.63. The number of aromatic amines is 2. The van der Waals surface area contributed by atoms with E-state index in [1.807, 2.05) is 0 Å². The van der Waals surface area contributed by atoms with Crippen molar-refractivity contribution in [2.75, 3.05) is 18.1 Å².